The molecule has 30 heavy (non-hydrogen) atoms. The first-order valence-electron chi connectivity index (χ1n) is 10.5. The molecule has 8 heteroatoms. The molecule has 166 valence electrons. The molecule has 1 fully saturated rings. The molecule has 2 N–H and O–H groups in total. The van der Waals surface area contributed by atoms with Crippen LogP contribution in [0.1, 0.15) is 31.2 Å². The molecule has 1 aliphatic rings. The molecular formula is C22H33IN4O2S. The van der Waals surface area contributed by atoms with E-state index >= 15 is 0 Å². The Bertz CT molecular complexity index is 736. The Morgan fingerprint density at radius 3 is 2.80 bits per heavy atom. The molecule has 0 saturated carbocycles. The van der Waals surface area contributed by atoms with Gasteiger partial charge in [-0.15, -0.1) is 35.3 Å². The molecule has 1 aromatic heterocycles. The molecule has 0 radical (unpaired) electrons. The van der Waals surface area contributed by atoms with Gasteiger partial charge >= 0.3 is 0 Å². The van der Waals surface area contributed by atoms with Crippen molar-refractivity contribution in [2.75, 3.05) is 39.5 Å². The first kappa shape index (κ1) is 25.0. The summed E-state index contributed by atoms with van der Waals surface area (Å²) in [6, 6.07) is 10.3. The van der Waals surface area contributed by atoms with Crippen LogP contribution in [-0.4, -0.2) is 50.5 Å². The Labute approximate surface area is 200 Å². The monoisotopic (exact) mass is 544 g/mol. The molecule has 3 rings (SSSR count). The number of aromatic nitrogens is 1. The van der Waals surface area contributed by atoms with Crippen LogP contribution in [0.2, 0.25) is 0 Å². The van der Waals surface area contributed by atoms with Crippen LogP contribution in [0.25, 0.3) is 11.3 Å². The SMILES string of the molecule is CCNC(=NCc1nc(-c2ccccc2)cs1)NCCCOCC1CCOCC1.I. The lowest BCUT2D eigenvalue weighted by molar-refractivity contribution is 0.0203. The molecule has 1 aromatic carbocycles. The van der Waals surface area contributed by atoms with Crippen LogP contribution in [0.3, 0.4) is 0 Å². The summed E-state index contributed by atoms with van der Waals surface area (Å²) in [5, 5.41) is 9.79. The molecule has 0 aliphatic carbocycles. The van der Waals surface area contributed by atoms with E-state index in [2.05, 4.69) is 40.1 Å². The summed E-state index contributed by atoms with van der Waals surface area (Å²) in [4.78, 5) is 9.37. The van der Waals surface area contributed by atoms with Gasteiger partial charge in [-0.1, -0.05) is 30.3 Å². The number of aliphatic imine (C=N–C) groups is 1. The van der Waals surface area contributed by atoms with Crippen LogP contribution in [0, 0.1) is 5.92 Å². The summed E-state index contributed by atoms with van der Waals surface area (Å²) in [6.45, 7) is 7.71. The lowest BCUT2D eigenvalue weighted by Crippen LogP contribution is -2.38. The fraction of sp³-hybridized carbons (Fsp3) is 0.545. The van der Waals surface area contributed by atoms with Gasteiger partial charge in [0.15, 0.2) is 5.96 Å². The van der Waals surface area contributed by atoms with Gasteiger partial charge in [0.1, 0.15) is 5.01 Å². The molecule has 0 bridgehead atoms. The van der Waals surface area contributed by atoms with Gasteiger partial charge in [-0.25, -0.2) is 9.98 Å². The van der Waals surface area contributed by atoms with Crippen LogP contribution in [0.15, 0.2) is 40.7 Å². The second kappa shape index (κ2) is 14.7. The van der Waals surface area contributed by atoms with Gasteiger partial charge in [0.05, 0.1) is 12.2 Å². The molecule has 0 unspecified atom stereocenters. The van der Waals surface area contributed by atoms with Gasteiger partial charge in [-0.05, 0) is 32.1 Å². The average Bonchev–Trinajstić information content (AvgIpc) is 3.25. The van der Waals surface area contributed by atoms with E-state index in [9.17, 15) is 0 Å². The number of ether oxygens (including phenoxy) is 2. The zero-order valence-corrected chi connectivity index (χ0v) is 20.8. The van der Waals surface area contributed by atoms with E-state index in [-0.39, 0.29) is 24.0 Å². The van der Waals surface area contributed by atoms with E-state index in [0.29, 0.717) is 12.5 Å². The molecule has 2 aromatic rings. The van der Waals surface area contributed by atoms with Crippen molar-refractivity contribution in [3.63, 3.8) is 0 Å². The fourth-order valence-corrected chi connectivity index (χ4v) is 3.88. The van der Waals surface area contributed by atoms with Crippen LogP contribution in [0.5, 0.6) is 0 Å². The Kier molecular flexibility index (Phi) is 12.3. The third-order valence-electron chi connectivity index (χ3n) is 4.79. The second-order valence-electron chi connectivity index (χ2n) is 7.10. The zero-order valence-electron chi connectivity index (χ0n) is 17.6. The standard InChI is InChI=1S/C22H32N4O2S.HI/c1-2-23-22(24-11-6-12-28-16-18-9-13-27-14-10-18)25-15-21-26-20(17-29-21)19-7-4-3-5-8-19;/h3-5,7-8,17-18H,2,6,9-16H2,1H3,(H2,23,24,25);1H. The van der Waals surface area contributed by atoms with Crippen LogP contribution < -0.4 is 10.6 Å². The van der Waals surface area contributed by atoms with Gasteiger partial charge in [0.25, 0.3) is 0 Å². The summed E-state index contributed by atoms with van der Waals surface area (Å²) in [5.41, 5.74) is 2.16. The third kappa shape index (κ3) is 8.87. The predicted molar refractivity (Wildman–Crippen MR) is 135 cm³/mol. The van der Waals surface area contributed by atoms with E-state index in [1.165, 1.54) is 0 Å². The van der Waals surface area contributed by atoms with Crippen molar-refractivity contribution in [2.45, 2.75) is 32.7 Å². The van der Waals surface area contributed by atoms with Gasteiger partial charge in [0, 0.05) is 50.5 Å². The maximum Gasteiger partial charge on any atom is 0.191 e. The third-order valence-corrected chi connectivity index (χ3v) is 5.62. The number of thiazole rings is 1. The minimum atomic E-state index is 0. The van der Waals surface area contributed by atoms with E-state index in [0.717, 1.165) is 81.0 Å². The highest BCUT2D eigenvalue weighted by molar-refractivity contribution is 14.0. The smallest absolute Gasteiger partial charge is 0.191 e. The number of nitrogens with zero attached hydrogens (tertiary/aromatic N) is 2. The quantitative estimate of drug-likeness (QED) is 0.202. The highest BCUT2D eigenvalue weighted by atomic mass is 127. The number of halogens is 1. The molecule has 0 atom stereocenters. The molecule has 1 aliphatic heterocycles. The van der Waals surface area contributed by atoms with Crippen LogP contribution in [-0.2, 0) is 16.0 Å². The largest absolute Gasteiger partial charge is 0.381 e. The summed E-state index contributed by atoms with van der Waals surface area (Å²) < 4.78 is 11.2. The average molecular weight is 545 g/mol. The molecule has 2 heterocycles. The predicted octanol–water partition coefficient (Wildman–Crippen LogP) is 4.32. The minimum absolute atomic E-state index is 0. The van der Waals surface area contributed by atoms with Crippen molar-refractivity contribution in [1.29, 1.82) is 0 Å². The number of nitrogens with one attached hydrogen (secondary N) is 2. The van der Waals surface area contributed by atoms with Crippen molar-refractivity contribution in [1.82, 2.24) is 15.6 Å². The Hall–Kier alpha value is -1.23. The highest BCUT2D eigenvalue weighted by Crippen LogP contribution is 2.21. The summed E-state index contributed by atoms with van der Waals surface area (Å²) in [6.07, 6.45) is 3.21. The van der Waals surface area contributed by atoms with Crippen molar-refractivity contribution < 1.29 is 9.47 Å². The molecular weight excluding hydrogens is 511 g/mol. The Morgan fingerprint density at radius 2 is 2.03 bits per heavy atom. The summed E-state index contributed by atoms with van der Waals surface area (Å²) in [7, 11) is 0. The van der Waals surface area contributed by atoms with Crippen molar-refractivity contribution >= 4 is 41.3 Å². The van der Waals surface area contributed by atoms with Crippen molar-refractivity contribution in [2.24, 2.45) is 10.9 Å². The van der Waals surface area contributed by atoms with Gasteiger partial charge < -0.3 is 20.1 Å². The highest BCUT2D eigenvalue weighted by Gasteiger charge is 2.13. The maximum atomic E-state index is 5.82. The number of guanidine groups is 1. The lowest BCUT2D eigenvalue weighted by Gasteiger charge is -2.21. The second-order valence-corrected chi connectivity index (χ2v) is 8.04. The molecule has 0 amide bonds. The van der Waals surface area contributed by atoms with Crippen LogP contribution in [0.4, 0.5) is 0 Å². The van der Waals surface area contributed by atoms with E-state index < -0.39 is 0 Å². The van der Waals surface area contributed by atoms with Crippen molar-refractivity contribution in [3.8, 4) is 11.3 Å². The summed E-state index contributed by atoms with van der Waals surface area (Å²) >= 11 is 1.65. The van der Waals surface area contributed by atoms with Crippen LogP contribution >= 0.6 is 35.3 Å². The summed E-state index contributed by atoms with van der Waals surface area (Å²) in [5.74, 6) is 1.49. The topological polar surface area (TPSA) is 67.8 Å². The van der Waals surface area contributed by atoms with E-state index in [4.69, 9.17) is 14.5 Å². The van der Waals surface area contributed by atoms with Gasteiger partial charge in [-0.3, -0.25) is 0 Å². The van der Waals surface area contributed by atoms with Crippen molar-refractivity contribution in [3.05, 3.63) is 40.7 Å². The number of benzene rings is 1. The number of hydrogen-bond acceptors (Lipinski definition) is 5. The zero-order chi connectivity index (χ0) is 20.2. The Balaban J connectivity index is 0.00000320. The minimum Gasteiger partial charge on any atom is -0.381 e. The van der Waals surface area contributed by atoms with Gasteiger partial charge in [-0.2, -0.15) is 0 Å². The lowest BCUT2D eigenvalue weighted by atomic mass is 10.0. The molecule has 0 spiro atoms. The molecule has 6 nitrogen and oxygen atoms in total. The maximum absolute atomic E-state index is 5.82. The van der Waals surface area contributed by atoms with E-state index in [1.54, 1.807) is 11.3 Å². The fourth-order valence-electron chi connectivity index (χ4n) is 3.16. The Morgan fingerprint density at radius 1 is 1.23 bits per heavy atom. The first-order chi connectivity index (χ1) is 14.3. The van der Waals surface area contributed by atoms with E-state index in [1.807, 2.05) is 18.2 Å². The normalized spacial score (nSPS) is 14.9. The number of hydrogen-bond donors (Lipinski definition) is 2. The first-order valence-corrected chi connectivity index (χ1v) is 11.4. The molecule has 1 saturated heterocycles. The number of rotatable bonds is 10. The van der Waals surface area contributed by atoms with Gasteiger partial charge in [0.2, 0.25) is 0 Å².